The van der Waals surface area contributed by atoms with E-state index in [1.807, 2.05) is 0 Å². The van der Waals surface area contributed by atoms with Crippen molar-refractivity contribution in [2.45, 2.75) is 19.0 Å². The van der Waals surface area contributed by atoms with E-state index in [1.54, 1.807) is 0 Å². The van der Waals surface area contributed by atoms with Crippen molar-refractivity contribution in [3.63, 3.8) is 0 Å². The number of halogens is 3. The molecule has 0 radical (unpaired) electrons. The lowest BCUT2D eigenvalue weighted by Gasteiger charge is -2.13. The predicted octanol–water partition coefficient (Wildman–Crippen LogP) is 2.55. The Kier molecular flexibility index (Phi) is 5.38. The highest BCUT2D eigenvalue weighted by atomic mass is 35.5. The van der Waals surface area contributed by atoms with Gasteiger partial charge in [-0.25, -0.2) is 13.6 Å². The normalized spacial score (nSPS) is 12.5. The zero-order valence-corrected chi connectivity index (χ0v) is 10.4. The van der Waals surface area contributed by atoms with E-state index in [-0.39, 0.29) is 17.9 Å². The fourth-order valence-electron chi connectivity index (χ4n) is 1.55. The number of benzene rings is 1. The fraction of sp³-hybridized carbons (Fsp3) is 0.333. The van der Waals surface area contributed by atoms with Gasteiger partial charge >= 0.3 is 5.97 Å². The molecule has 0 aliphatic carbocycles. The molecule has 1 rings (SSSR count). The van der Waals surface area contributed by atoms with Crippen molar-refractivity contribution in [3.8, 4) is 0 Å². The molecule has 4 nitrogen and oxygen atoms in total. The summed E-state index contributed by atoms with van der Waals surface area (Å²) in [5.74, 6) is -2.00. The van der Waals surface area contributed by atoms with E-state index in [9.17, 15) is 23.5 Å². The first-order chi connectivity index (χ1) is 8.88. The maximum atomic E-state index is 12.8. The first-order valence-corrected chi connectivity index (χ1v) is 5.84. The lowest BCUT2D eigenvalue weighted by atomic mass is 9.97. The van der Waals surface area contributed by atoms with E-state index in [0.717, 1.165) is 12.1 Å². The first kappa shape index (κ1) is 15.5. The Balaban J connectivity index is 3.22. The van der Waals surface area contributed by atoms with Gasteiger partial charge in [0.25, 0.3) is 6.43 Å². The second kappa shape index (κ2) is 6.58. The quantitative estimate of drug-likeness (QED) is 0.624. The predicted molar refractivity (Wildman–Crippen MR) is 63.7 cm³/mol. The van der Waals surface area contributed by atoms with Crippen LogP contribution in [0.3, 0.4) is 0 Å². The minimum atomic E-state index is -2.99. The summed E-state index contributed by atoms with van der Waals surface area (Å²) in [6.45, 7) is 0. The largest absolute Gasteiger partial charge is 0.479 e. The van der Waals surface area contributed by atoms with Crippen LogP contribution in [-0.4, -0.2) is 27.8 Å². The van der Waals surface area contributed by atoms with Crippen molar-refractivity contribution < 1.29 is 28.6 Å². The molecule has 0 aliphatic rings. The Morgan fingerprint density at radius 1 is 1.26 bits per heavy atom. The van der Waals surface area contributed by atoms with Gasteiger partial charge in [-0.2, -0.15) is 0 Å². The molecule has 0 aliphatic heterocycles. The molecule has 2 N–H and O–H groups in total. The maximum absolute atomic E-state index is 12.8. The van der Waals surface area contributed by atoms with Crippen LogP contribution in [-0.2, 0) is 4.79 Å². The van der Waals surface area contributed by atoms with E-state index >= 15 is 0 Å². The second-order valence-corrected chi connectivity index (χ2v) is 4.13. The molecular weight excluding hydrogens is 282 g/mol. The molecular formula is C12H11ClF2O4. The van der Waals surface area contributed by atoms with Crippen LogP contribution in [0.1, 0.15) is 40.4 Å². The lowest BCUT2D eigenvalue weighted by Crippen LogP contribution is -2.14. The van der Waals surface area contributed by atoms with Crippen molar-refractivity contribution in [2.24, 2.45) is 0 Å². The third kappa shape index (κ3) is 3.71. The Labute approximate surface area is 112 Å². The summed E-state index contributed by atoms with van der Waals surface area (Å²) in [6.07, 6.45) is -5.06. The van der Waals surface area contributed by atoms with E-state index in [2.05, 4.69) is 0 Å². The van der Waals surface area contributed by atoms with Gasteiger partial charge in [0, 0.05) is 29.0 Å². The van der Waals surface area contributed by atoms with Crippen LogP contribution in [0.15, 0.2) is 18.2 Å². The number of Topliss-reactive ketones (excluding diaryl/α,β-unsaturated/α-hetero) is 1. The number of carboxylic acid groups (broad SMARTS) is 1. The second-order valence-electron chi connectivity index (χ2n) is 3.75. The molecule has 0 fully saturated rings. The molecule has 19 heavy (non-hydrogen) atoms. The smallest absolute Gasteiger partial charge is 0.337 e. The van der Waals surface area contributed by atoms with Crippen molar-refractivity contribution in [3.05, 3.63) is 34.9 Å². The monoisotopic (exact) mass is 292 g/mol. The molecule has 0 amide bonds. The number of aliphatic hydroxyl groups is 1. The fourth-order valence-corrected chi connectivity index (χ4v) is 1.72. The number of rotatable bonds is 6. The Morgan fingerprint density at radius 2 is 1.89 bits per heavy atom. The molecule has 1 aromatic carbocycles. The third-order valence-electron chi connectivity index (χ3n) is 2.49. The number of carbonyl (C=O) groups excluding carboxylic acids is 1. The molecule has 0 bridgehead atoms. The third-order valence-corrected chi connectivity index (χ3v) is 2.68. The van der Waals surface area contributed by atoms with E-state index < -0.39 is 35.4 Å². The number of carbonyl (C=O) groups is 2. The van der Waals surface area contributed by atoms with Gasteiger partial charge in [-0.3, -0.25) is 4.79 Å². The van der Waals surface area contributed by atoms with Crippen molar-refractivity contribution in [2.75, 3.05) is 5.88 Å². The van der Waals surface area contributed by atoms with Crippen molar-refractivity contribution in [1.82, 2.24) is 0 Å². The van der Waals surface area contributed by atoms with Crippen LogP contribution < -0.4 is 0 Å². The molecule has 0 saturated heterocycles. The summed E-state index contributed by atoms with van der Waals surface area (Å²) >= 11 is 5.39. The SMILES string of the molecule is O=C(CCCl)c1ccc(C(O)C(=O)O)c(C(F)F)c1. The number of carboxylic acids is 1. The molecule has 1 aromatic rings. The summed E-state index contributed by atoms with van der Waals surface area (Å²) in [7, 11) is 0. The minimum absolute atomic E-state index is 0.00886. The summed E-state index contributed by atoms with van der Waals surface area (Å²) in [5, 5.41) is 17.9. The van der Waals surface area contributed by atoms with E-state index in [1.165, 1.54) is 6.07 Å². The molecule has 1 atom stereocenters. The van der Waals surface area contributed by atoms with Crippen LogP contribution in [0.5, 0.6) is 0 Å². The zero-order valence-electron chi connectivity index (χ0n) is 9.65. The van der Waals surface area contributed by atoms with Crippen LogP contribution in [0.2, 0.25) is 0 Å². The van der Waals surface area contributed by atoms with Crippen molar-refractivity contribution >= 4 is 23.4 Å². The first-order valence-electron chi connectivity index (χ1n) is 5.30. The van der Waals surface area contributed by atoms with Crippen molar-refractivity contribution in [1.29, 1.82) is 0 Å². The van der Waals surface area contributed by atoms with Gasteiger partial charge in [-0.05, 0) is 6.07 Å². The lowest BCUT2D eigenvalue weighted by molar-refractivity contribution is -0.147. The highest BCUT2D eigenvalue weighted by molar-refractivity contribution is 6.19. The molecule has 1 unspecified atom stereocenters. The molecule has 104 valence electrons. The zero-order chi connectivity index (χ0) is 14.6. The molecule has 7 heteroatoms. The molecule has 0 aromatic heterocycles. The minimum Gasteiger partial charge on any atom is -0.479 e. The molecule has 0 heterocycles. The number of hydrogen-bond donors (Lipinski definition) is 2. The Morgan fingerprint density at radius 3 is 2.37 bits per heavy atom. The summed E-state index contributed by atoms with van der Waals surface area (Å²) in [5.41, 5.74) is -1.09. The number of aliphatic hydroxyl groups excluding tert-OH is 1. The maximum Gasteiger partial charge on any atom is 0.337 e. The average molecular weight is 293 g/mol. The van der Waals surface area contributed by atoms with Gasteiger partial charge in [-0.1, -0.05) is 12.1 Å². The highest BCUT2D eigenvalue weighted by Gasteiger charge is 2.24. The van der Waals surface area contributed by atoms with Crippen LogP contribution >= 0.6 is 11.6 Å². The molecule has 0 saturated carbocycles. The average Bonchev–Trinajstić information content (AvgIpc) is 2.37. The van der Waals surface area contributed by atoms with E-state index in [4.69, 9.17) is 16.7 Å². The number of ketones is 1. The van der Waals surface area contributed by atoms with Gasteiger partial charge in [-0.15, -0.1) is 11.6 Å². The van der Waals surface area contributed by atoms with E-state index in [0.29, 0.717) is 0 Å². The molecule has 0 spiro atoms. The Bertz CT molecular complexity index is 491. The summed E-state index contributed by atoms with van der Waals surface area (Å²) < 4.78 is 25.7. The number of hydrogen-bond acceptors (Lipinski definition) is 3. The Hall–Kier alpha value is -1.53. The highest BCUT2D eigenvalue weighted by Crippen LogP contribution is 2.29. The number of aliphatic carboxylic acids is 1. The summed E-state index contributed by atoms with van der Waals surface area (Å²) in [6, 6.07) is 3.10. The van der Waals surface area contributed by atoms with Gasteiger partial charge in [0.1, 0.15) is 0 Å². The standard InChI is InChI=1S/C12H11ClF2O4/c13-4-3-9(16)6-1-2-7(10(17)12(18)19)8(5-6)11(14)15/h1-2,5,10-11,17H,3-4H2,(H,18,19). The van der Waals surface area contributed by atoms with Gasteiger partial charge in [0.05, 0.1) is 0 Å². The topological polar surface area (TPSA) is 74.6 Å². The van der Waals surface area contributed by atoms with Gasteiger partial charge in [0.15, 0.2) is 11.9 Å². The van der Waals surface area contributed by atoms with Crippen LogP contribution in [0.25, 0.3) is 0 Å². The van der Waals surface area contributed by atoms with Gasteiger partial charge < -0.3 is 10.2 Å². The summed E-state index contributed by atoms with van der Waals surface area (Å²) in [4.78, 5) is 22.1. The van der Waals surface area contributed by atoms with Crippen LogP contribution in [0, 0.1) is 0 Å². The van der Waals surface area contributed by atoms with Crippen LogP contribution in [0.4, 0.5) is 8.78 Å². The van der Waals surface area contributed by atoms with Gasteiger partial charge in [0.2, 0.25) is 0 Å². The number of alkyl halides is 3.